The first-order valence-electron chi connectivity index (χ1n) is 6.77. The molecule has 22 heavy (non-hydrogen) atoms. The van der Waals surface area contributed by atoms with E-state index in [0.717, 1.165) is 20.8 Å². The Balaban J connectivity index is 2.08. The number of hydrogen-bond donors (Lipinski definition) is 0. The fourth-order valence-corrected chi connectivity index (χ4v) is 3.36. The first kappa shape index (κ1) is 14.6. The average molecular weight is 316 g/mol. The lowest BCUT2D eigenvalue weighted by Crippen LogP contribution is -2.14. The molecule has 0 radical (unpaired) electrons. The maximum absolute atomic E-state index is 13.5. The molecule has 4 nitrogen and oxygen atoms in total. The zero-order chi connectivity index (χ0) is 15.7. The van der Waals surface area contributed by atoms with E-state index in [1.165, 1.54) is 12.1 Å². The molecule has 1 aromatic heterocycles. The Hall–Kier alpha value is -2.34. The van der Waals surface area contributed by atoms with Crippen molar-refractivity contribution in [1.29, 1.82) is 0 Å². The smallest absolute Gasteiger partial charge is 0.214 e. The molecule has 0 N–H and O–H groups in total. The highest BCUT2D eigenvalue weighted by Gasteiger charge is 2.21. The third-order valence-electron chi connectivity index (χ3n) is 3.50. The number of rotatable bonds is 4. The third-order valence-corrected chi connectivity index (χ3v) is 4.46. The molecule has 0 aliphatic heterocycles. The van der Waals surface area contributed by atoms with E-state index in [-0.39, 0.29) is 11.5 Å². The van der Waals surface area contributed by atoms with Crippen LogP contribution < -0.4 is 0 Å². The molecule has 0 unspecified atom stereocenters. The summed E-state index contributed by atoms with van der Waals surface area (Å²) >= 11 is 1.58. The molecule has 2 aromatic carbocycles. The Bertz CT molecular complexity index is 847. The summed E-state index contributed by atoms with van der Waals surface area (Å²) in [5, 5.41) is 12.0. The normalized spacial score (nSPS) is 12.5. The topological polar surface area (TPSA) is 56.0 Å². The van der Waals surface area contributed by atoms with Crippen molar-refractivity contribution in [3.8, 4) is 0 Å². The second kappa shape index (κ2) is 5.81. The van der Waals surface area contributed by atoms with Gasteiger partial charge in [-0.15, -0.1) is 11.3 Å². The van der Waals surface area contributed by atoms with Gasteiger partial charge in [0.05, 0.1) is 21.1 Å². The number of hydrogen-bond acceptors (Lipinski definition) is 4. The lowest BCUT2D eigenvalue weighted by molar-refractivity contribution is -0.481. The van der Waals surface area contributed by atoms with E-state index in [1.54, 1.807) is 23.5 Å². The minimum atomic E-state index is -0.489. The predicted molar refractivity (Wildman–Crippen MR) is 84.5 cm³/mol. The highest BCUT2D eigenvalue weighted by molar-refractivity contribution is 7.18. The Morgan fingerprint density at radius 3 is 2.77 bits per heavy atom. The van der Waals surface area contributed by atoms with Crippen LogP contribution in [-0.4, -0.2) is 16.5 Å². The summed E-state index contributed by atoms with van der Waals surface area (Å²) in [6.07, 6.45) is 0. The SMILES string of the molecule is Cc1nc2cc([C@@H](C[N+](=O)[O-])c3cccc(F)c3)ccc2s1. The van der Waals surface area contributed by atoms with Gasteiger partial charge in [-0.1, -0.05) is 18.2 Å². The largest absolute Gasteiger partial charge is 0.265 e. The van der Waals surface area contributed by atoms with Crippen LogP contribution in [0.25, 0.3) is 10.2 Å². The van der Waals surface area contributed by atoms with Gasteiger partial charge in [0.15, 0.2) is 0 Å². The van der Waals surface area contributed by atoms with Gasteiger partial charge in [-0.2, -0.15) is 0 Å². The van der Waals surface area contributed by atoms with Crippen LogP contribution in [0.5, 0.6) is 0 Å². The highest BCUT2D eigenvalue weighted by Crippen LogP contribution is 2.30. The van der Waals surface area contributed by atoms with Crippen LogP contribution in [0.2, 0.25) is 0 Å². The summed E-state index contributed by atoms with van der Waals surface area (Å²) in [4.78, 5) is 15.1. The maximum atomic E-state index is 13.5. The first-order valence-corrected chi connectivity index (χ1v) is 7.59. The van der Waals surface area contributed by atoms with E-state index >= 15 is 0 Å². The van der Waals surface area contributed by atoms with Crippen molar-refractivity contribution in [3.05, 3.63) is 74.5 Å². The number of aromatic nitrogens is 1. The van der Waals surface area contributed by atoms with Crippen molar-refractivity contribution in [1.82, 2.24) is 4.98 Å². The molecule has 0 aliphatic carbocycles. The van der Waals surface area contributed by atoms with Gasteiger partial charge >= 0.3 is 0 Å². The summed E-state index contributed by atoms with van der Waals surface area (Å²) in [6.45, 7) is 1.64. The molecule has 1 atom stereocenters. The van der Waals surface area contributed by atoms with Gasteiger partial charge in [-0.05, 0) is 42.3 Å². The number of halogens is 1. The standard InChI is InChI=1S/C16H13FN2O2S/c1-10-18-15-8-12(5-6-16(15)22-10)14(9-19(20)21)11-3-2-4-13(17)7-11/h2-8,14H,9H2,1H3/t14-/m0/s1. The van der Waals surface area contributed by atoms with Crippen LogP contribution >= 0.6 is 11.3 Å². The van der Waals surface area contributed by atoms with Gasteiger partial charge in [0.2, 0.25) is 6.54 Å². The van der Waals surface area contributed by atoms with Crippen LogP contribution in [-0.2, 0) is 0 Å². The molecule has 112 valence electrons. The van der Waals surface area contributed by atoms with E-state index in [1.807, 2.05) is 25.1 Å². The molecule has 0 amide bonds. The van der Waals surface area contributed by atoms with Crippen molar-refractivity contribution in [2.75, 3.05) is 6.54 Å². The Labute approximate surface area is 130 Å². The van der Waals surface area contributed by atoms with Gasteiger partial charge in [0, 0.05) is 4.92 Å². The lowest BCUT2D eigenvalue weighted by Gasteiger charge is -2.14. The maximum Gasteiger partial charge on any atom is 0.214 e. The molecule has 0 bridgehead atoms. The van der Waals surface area contributed by atoms with Gasteiger partial charge in [-0.25, -0.2) is 9.37 Å². The van der Waals surface area contributed by atoms with Gasteiger partial charge in [0.25, 0.3) is 0 Å². The lowest BCUT2D eigenvalue weighted by atomic mass is 9.91. The van der Waals surface area contributed by atoms with Gasteiger partial charge in [0.1, 0.15) is 5.82 Å². The number of aryl methyl sites for hydroxylation is 1. The first-order chi connectivity index (χ1) is 10.5. The Kier molecular flexibility index (Phi) is 3.85. The zero-order valence-electron chi connectivity index (χ0n) is 11.8. The zero-order valence-corrected chi connectivity index (χ0v) is 12.6. The van der Waals surface area contributed by atoms with Crippen molar-refractivity contribution in [2.45, 2.75) is 12.8 Å². The summed E-state index contributed by atoms with van der Waals surface area (Å²) in [5.74, 6) is -0.881. The number of thiazole rings is 1. The fraction of sp³-hybridized carbons (Fsp3) is 0.188. The molecular formula is C16H13FN2O2S. The summed E-state index contributed by atoms with van der Waals surface area (Å²) in [7, 11) is 0. The third kappa shape index (κ3) is 2.96. The molecule has 0 spiro atoms. The van der Waals surface area contributed by atoms with Crippen LogP contribution in [0.15, 0.2) is 42.5 Å². The molecule has 0 aliphatic rings. The molecule has 0 fully saturated rings. The number of fused-ring (bicyclic) bond motifs is 1. The van der Waals surface area contributed by atoms with Crippen molar-refractivity contribution in [2.24, 2.45) is 0 Å². The fourth-order valence-electron chi connectivity index (χ4n) is 2.55. The van der Waals surface area contributed by atoms with Crippen LogP contribution in [0.4, 0.5) is 4.39 Å². The minimum absolute atomic E-state index is 0.280. The summed E-state index contributed by atoms with van der Waals surface area (Å²) < 4.78 is 14.5. The molecular weight excluding hydrogens is 303 g/mol. The Morgan fingerprint density at radius 1 is 1.27 bits per heavy atom. The number of nitrogens with zero attached hydrogens (tertiary/aromatic N) is 2. The molecule has 3 aromatic rings. The second-order valence-corrected chi connectivity index (χ2v) is 6.32. The molecule has 0 saturated carbocycles. The van der Waals surface area contributed by atoms with Crippen molar-refractivity contribution >= 4 is 21.6 Å². The quantitative estimate of drug-likeness (QED) is 0.536. The van der Waals surface area contributed by atoms with Gasteiger partial charge in [-0.3, -0.25) is 10.1 Å². The van der Waals surface area contributed by atoms with E-state index < -0.39 is 11.7 Å². The van der Waals surface area contributed by atoms with E-state index in [2.05, 4.69) is 4.98 Å². The van der Waals surface area contributed by atoms with E-state index in [0.29, 0.717) is 5.56 Å². The van der Waals surface area contributed by atoms with Crippen molar-refractivity contribution < 1.29 is 9.31 Å². The van der Waals surface area contributed by atoms with Crippen molar-refractivity contribution in [3.63, 3.8) is 0 Å². The van der Waals surface area contributed by atoms with Crippen LogP contribution in [0, 0.1) is 22.9 Å². The van der Waals surface area contributed by atoms with Crippen LogP contribution in [0.1, 0.15) is 22.1 Å². The van der Waals surface area contributed by atoms with E-state index in [4.69, 9.17) is 0 Å². The second-order valence-electron chi connectivity index (χ2n) is 5.08. The highest BCUT2D eigenvalue weighted by atomic mass is 32.1. The minimum Gasteiger partial charge on any atom is -0.265 e. The molecule has 1 heterocycles. The monoisotopic (exact) mass is 316 g/mol. The summed E-state index contributed by atoms with van der Waals surface area (Å²) in [5.41, 5.74) is 2.20. The number of nitro groups is 1. The van der Waals surface area contributed by atoms with Crippen LogP contribution in [0.3, 0.4) is 0 Å². The predicted octanol–water partition coefficient (Wildman–Crippen LogP) is 4.15. The summed E-state index contributed by atoms with van der Waals surface area (Å²) in [6, 6.07) is 11.6. The average Bonchev–Trinajstić information content (AvgIpc) is 2.83. The molecule has 3 rings (SSSR count). The van der Waals surface area contributed by atoms with E-state index in [9.17, 15) is 14.5 Å². The number of benzene rings is 2. The van der Waals surface area contributed by atoms with Gasteiger partial charge < -0.3 is 0 Å². The Morgan fingerprint density at radius 2 is 2.05 bits per heavy atom. The molecule has 6 heteroatoms. The molecule has 0 saturated heterocycles.